The summed E-state index contributed by atoms with van der Waals surface area (Å²) in [6, 6.07) is 11.1. The Morgan fingerprint density at radius 1 is 0.870 bits per heavy atom. The molecule has 3 rings (SSSR count). The van der Waals surface area contributed by atoms with Crippen LogP contribution in [0.2, 0.25) is 0 Å². The highest BCUT2D eigenvalue weighted by Crippen LogP contribution is 2.18. The molecule has 0 amide bonds. The molecule has 2 heterocycles. The third-order valence-electron chi connectivity index (χ3n) is 3.85. The van der Waals surface area contributed by atoms with Crippen LogP contribution in [0.5, 0.6) is 12.0 Å². The zero-order chi connectivity index (χ0) is 16.1. The number of aromatic nitrogens is 3. The summed E-state index contributed by atoms with van der Waals surface area (Å²) >= 11 is 0. The van der Waals surface area contributed by atoms with Crippen molar-refractivity contribution in [1.82, 2.24) is 19.9 Å². The number of rotatable bonds is 5. The highest BCUT2D eigenvalue weighted by Gasteiger charge is 2.21. The van der Waals surface area contributed by atoms with Gasteiger partial charge in [-0.15, -0.1) is 4.98 Å². The molecule has 1 aromatic carbocycles. The van der Waals surface area contributed by atoms with Crippen molar-refractivity contribution in [3.8, 4) is 12.0 Å². The molecule has 2 aromatic rings. The molecule has 1 aliphatic rings. The lowest BCUT2D eigenvalue weighted by Gasteiger charge is -2.34. The SMILES string of the molecule is COc1nc(OC)nc(N2CCN(Cc3ccccc3)CC2)n1. The van der Waals surface area contributed by atoms with Gasteiger partial charge in [0, 0.05) is 32.7 Å². The number of anilines is 1. The van der Waals surface area contributed by atoms with Crippen molar-refractivity contribution in [2.75, 3.05) is 45.3 Å². The minimum absolute atomic E-state index is 0.276. The summed E-state index contributed by atoms with van der Waals surface area (Å²) < 4.78 is 10.2. The second-order valence-electron chi connectivity index (χ2n) is 5.36. The molecule has 0 bridgehead atoms. The maximum Gasteiger partial charge on any atom is 0.324 e. The standard InChI is InChI=1S/C16H21N5O2/c1-22-15-17-14(18-16(19-15)23-2)21-10-8-20(9-11-21)12-13-6-4-3-5-7-13/h3-7H,8-12H2,1-2H3. The summed E-state index contributed by atoms with van der Waals surface area (Å²) in [5.41, 5.74) is 1.34. The van der Waals surface area contributed by atoms with Gasteiger partial charge in [-0.1, -0.05) is 30.3 Å². The molecule has 0 saturated carbocycles. The molecule has 0 radical (unpaired) electrons. The molecule has 1 aliphatic heterocycles. The molecule has 0 unspecified atom stereocenters. The van der Waals surface area contributed by atoms with E-state index >= 15 is 0 Å². The van der Waals surface area contributed by atoms with Gasteiger partial charge in [0.05, 0.1) is 14.2 Å². The van der Waals surface area contributed by atoms with Crippen LogP contribution in [-0.2, 0) is 6.54 Å². The van der Waals surface area contributed by atoms with Crippen molar-refractivity contribution in [2.45, 2.75) is 6.54 Å². The molecule has 7 heteroatoms. The molecule has 7 nitrogen and oxygen atoms in total. The number of hydrogen-bond donors (Lipinski definition) is 0. The second-order valence-corrected chi connectivity index (χ2v) is 5.36. The van der Waals surface area contributed by atoms with E-state index in [-0.39, 0.29) is 12.0 Å². The minimum atomic E-state index is 0.276. The summed E-state index contributed by atoms with van der Waals surface area (Å²) in [6.45, 7) is 4.63. The largest absolute Gasteiger partial charge is 0.467 e. The Bertz CT molecular complexity index is 607. The summed E-state index contributed by atoms with van der Waals surface area (Å²) in [6.07, 6.45) is 0. The summed E-state index contributed by atoms with van der Waals surface area (Å²) in [7, 11) is 3.08. The van der Waals surface area contributed by atoms with Crippen molar-refractivity contribution in [1.29, 1.82) is 0 Å². The molecule has 0 spiro atoms. The van der Waals surface area contributed by atoms with Crippen LogP contribution in [0, 0.1) is 0 Å². The fourth-order valence-corrected chi connectivity index (χ4v) is 2.60. The van der Waals surface area contributed by atoms with Gasteiger partial charge in [0.15, 0.2) is 0 Å². The smallest absolute Gasteiger partial charge is 0.324 e. The van der Waals surface area contributed by atoms with Crippen molar-refractivity contribution in [3.63, 3.8) is 0 Å². The van der Waals surface area contributed by atoms with Gasteiger partial charge in [-0.2, -0.15) is 9.97 Å². The van der Waals surface area contributed by atoms with Crippen LogP contribution < -0.4 is 14.4 Å². The van der Waals surface area contributed by atoms with Crippen LogP contribution in [0.3, 0.4) is 0 Å². The molecule has 122 valence electrons. The van der Waals surface area contributed by atoms with Gasteiger partial charge in [0.1, 0.15) is 0 Å². The van der Waals surface area contributed by atoms with Gasteiger partial charge in [0.25, 0.3) is 0 Å². The van der Waals surface area contributed by atoms with E-state index in [1.165, 1.54) is 19.8 Å². The third kappa shape index (κ3) is 3.87. The van der Waals surface area contributed by atoms with Crippen molar-refractivity contribution in [3.05, 3.63) is 35.9 Å². The maximum absolute atomic E-state index is 5.11. The predicted molar refractivity (Wildman–Crippen MR) is 86.9 cm³/mol. The number of hydrogen-bond acceptors (Lipinski definition) is 7. The van der Waals surface area contributed by atoms with Crippen LogP contribution in [0.15, 0.2) is 30.3 Å². The first-order valence-electron chi connectivity index (χ1n) is 7.64. The Labute approximate surface area is 135 Å². The number of benzene rings is 1. The van der Waals surface area contributed by atoms with Crippen LogP contribution in [-0.4, -0.2) is 60.3 Å². The third-order valence-corrected chi connectivity index (χ3v) is 3.85. The van der Waals surface area contributed by atoms with E-state index in [4.69, 9.17) is 9.47 Å². The summed E-state index contributed by atoms with van der Waals surface area (Å²) in [5, 5.41) is 0. The lowest BCUT2D eigenvalue weighted by Crippen LogP contribution is -2.46. The molecule has 0 atom stereocenters. The predicted octanol–water partition coefficient (Wildman–Crippen LogP) is 1.21. The molecule has 0 aliphatic carbocycles. The van der Waals surface area contributed by atoms with E-state index in [1.54, 1.807) is 0 Å². The van der Waals surface area contributed by atoms with E-state index in [9.17, 15) is 0 Å². The van der Waals surface area contributed by atoms with Gasteiger partial charge in [-0.3, -0.25) is 4.90 Å². The van der Waals surface area contributed by atoms with E-state index < -0.39 is 0 Å². The Kier molecular flexibility index (Phi) is 4.87. The Morgan fingerprint density at radius 3 is 2.04 bits per heavy atom. The summed E-state index contributed by atoms with van der Waals surface area (Å²) in [4.78, 5) is 17.2. The first-order valence-corrected chi connectivity index (χ1v) is 7.64. The van der Waals surface area contributed by atoms with Gasteiger partial charge in [-0.25, -0.2) is 0 Å². The second kappa shape index (κ2) is 7.23. The van der Waals surface area contributed by atoms with Gasteiger partial charge < -0.3 is 14.4 Å². The van der Waals surface area contributed by atoms with Gasteiger partial charge in [0.2, 0.25) is 5.95 Å². The molecule has 1 fully saturated rings. The molecular weight excluding hydrogens is 294 g/mol. The monoisotopic (exact) mass is 315 g/mol. The average Bonchev–Trinajstić information content (AvgIpc) is 2.62. The Morgan fingerprint density at radius 2 is 1.48 bits per heavy atom. The topological polar surface area (TPSA) is 63.6 Å². The zero-order valence-corrected chi connectivity index (χ0v) is 13.5. The first-order chi connectivity index (χ1) is 11.3. The molecule has 23 heavy (non-hydrogen) atoms. The highest BCUT2D eigenvalue weighted by molar-refractivity contribution is 5.33. The van der Waals surface area contributed by atoms with Crippen molar-refractivity contribution < 1.29 is 9.47 Å². The molecular formula is C16H21N5O2. The molecule has 1 saturated heterocycles. The Hall–Kier alpha value is -2.41. The fourth-order valence-electron chi connectivity index (χ4n) is 2.60. The van der Waals surface area contributed by atoms with Gasteiger partial charge in [-0.05, 0) is 5.56 Å². The quantitative estimate of drug-likeness (QED) is 0.822. The minimum Gasteiger partial charge on any atom is -0.467 e. The Balaban J connectivity index is 1.62. The van der Waals surface area contributed by atoms with E-state index in [1.807, 2.05) is 6.07 Å². The van der Waals surface area contributed by atoms with Crippen LogP contribution in [0.25, 0.3) is 0 Å². The number of ether oxygens (including phenoxy) is 2. The zero-order valence-electron chi connectivity index (χ0n) is 13.5. The lowest BCUT2D eigenvalue weighted by atomic mass is 10.2. The van der Waals surface area contributed by atoms with Crippen molar-refractivity contribution >= 4 is 5.95 Å². The lowest BCUT2D eigenvalue weighted by molar-refractivity contribution is 0.247. The van der Waals surface area contributed by atoms with Crippen LogP contribution in [0.1, 0.15) is 5.56 Å². The fraction of sp³-hybridized carbons (Fsp3) is 0.438. The molecule has 1 aromatic heterocycles. The molecule has 0 N–H and O–H groups in total. The first kappa shape index (κ1) is 15.5. The highest BCUT2D eigenvalue weighted by atomic mass is 16.5. The average molecular weight is 315 g/mol. The van der Waals surface area contributed by atoms with Crippen LogP contribution >= 0.6 is 0 Å². The number of methoxy groups -OCH3 is 2. The van der Waals surface area contributed by atoms with Crippen LogP contribution in [0.4, 0.5) is 5.95 Å². The summed E-state index contributed by atoms with van der Waals surface area (Å²) in [5.74, 6) is 0.605. The normalized spacial score (nSPS) is 15.5. The van der Waals surface area contributed by atoms with E-state index in [0.717, 1.165) is 32.7 Å². The van der Waals surface area contributed by atoms with E-state index in [2.05, 4.69) is 49.0 Å². The maximum atomic E-state index is 5.11. The van der Waals surface area contributed by atoms with Crippen molar-refractivity contribution in [2.24, 2.45) is 0 Å². The van der Waals surface area contributed by atoms with E-state index in [0.29, 0.717) is 5.95 Å². The number of nitrogens with zero attached hydrogens (tertiary/aromatic N) is 5. The number of piperazine rings is 1. The van der Waals surface area contributed by atoms with Gasteiger partial charge >= 0.3 is 12.0 Å².